The van der Waals surface area contributed by atoms with Crippen molar-refractivity contribution in [2.75, 3.05) is 0 Å². The number of fused-ring (bicyclic) bond motifs is 1. The lowest BCUT2D eigenvalue weighted by Gasteiger charge is -2.37. The molecule has 2 aromatic heterocycles. The van der Waals surface area contributed by atoms with Gasteiger partial charge >= 0.3 is 0 Å². The third-order valence-corrected chi connectivity index (χ3v) is 5.89. The Hall–Kier alpha value is -2.30. The van der Waals surface area contributed by atoms with Gasteiger partial charge < -0.3 is 5.32 Å². The first-order valence-electron chi connectivity index (χ1n) is 10.1. The normalized spacial score (nSPS) is 22.1. The van der Waals surface area contributed by atoms with Gasteiger partial charge in [-0.2, -0.15) is 0 Å². The number of amides is 1. The van der Waals surface area contributed by atoms with E-state index >= 15 is 0 Å². The minimum atomic E-state index is 0.00104. The highest BCUT2D eigenvalue weighted by atomic mass is 16.1. The fraction of sp³-hybridized carbons (Fsp3) is 0.545. The molecule has 2 aliphatic carbocycles. The van der Waals surface area contributed by atoms with E-state index in [1.165, 1.54) is 19.3 Å². The van der Waals surface area contributed by atoms with Crippen LogP contribution < -0.4 is 5.32 Å². The minimum absolute atomic E-state index is 0.00104. The lowest BCUT2D eigenvalue weighted by Crippen LogP contribution is -2.40. The second-order valence-electron chi connectivity index (χ2n) is 8.78. The van der Waals surface area contributed by atoms with Gasteiger partial charge in [0.25, 0.3) is 0 Å². The van der Waals surface area contributed by atoms with Crippen molar-refractivity contribution in [1.82, 2.24) is 20.3 Å². The first-order chi connectivity index (χ1) is 13.0. The molecule has 0 radical (unpaired) electrons. The van der Waals surface area contributed by atoms with Gasteiger partial charge in [0.15, 0.2) is 5.82 Å². The highest BCUT2D eigenvalue weighted by Crippen LogP contribution is 2.40. The predicted octanol–water partition coefficient (Wildman–Crippen LogP) is 4.25. The molecule has 5 nitrogen and oxygen atoms in total. The first kappa shape index (κ1) is 18.1. The van der Waals surface area contributed by atoms with Gasteiger partial charge in [-0.3, -0.25) is 9.78 Å². The zero-order valence-electron chi connectivity index (χ0n) is 16.2. The Morgan fingerprint density at radius 2 is 2.00 bits per heavy atom. The van der Waals surface area contributed by atoms with Gasteiger partial charge in [0, 0.05) is 35.6 Å². The number of hydrogen-bond donors (Lipinski definition) is 1. The zero-order valence-corrected chi connectivity index (χ0v) is 16.2. The lowest BCUT2D eigenvalue weighted by atomic mass is 9.74. The topological polar surface area (TPSA) is 67.8 Å². The van der Waals surface area contributed by atoms with Gasteiger partial charge in [0.2, 0.25) is 5.91 Å². The highest BCUT2D eigenvalue weighted by molar-refractivity contribution is 5.79. The molecule has 2 aromatic rings. The number of aromatic nitrogens is 3. The van der Waals surface area contributed by atoms with Crippen LogP contribution in [0.4, 0.5) is 0 Å². The Kier molecular flexibility index (Phi) is 4.94. The summed E-state index contributed by atoms with van der Waals surface area (Å²) in [5.41, 5.74) is 3.14. The van der Waals surface area contributed by atoms with Gasteiger partial charge in [-0.1, -0.05) is 33.1 Å². The maximum Gasteiger partial charge on any atom is 0.223 e. The number of hydrogen-bond acceptors (Lipinski definition) is 4. The molecule has 0 unspecified atom stereocenters. The minimum Gasteiger partial charge on any atom is -0.349 e. The third-order valence-electron chi connectivity index (χ3n) is 5.89. The molecule has 27 heavy (non-hydrogen) atoms. The Balaban J connectivity index is 1.60. The summed E-state index contributed by atoms with van der Waals surface area (Å²) in [4.78, 5) is 26.4. The van der Waals surface area contributed by atoms with Crippen LogP contribution in [0.25, 0.3) is 11.4 Å². The van der Waals surface area contributed by atoms with Crippen molar-refractivity contribution in [2.24, 2.45) is 11.3 Å². The van der Waals surface area contributed by atoms with Crippen LogP contribution in [-0.2, 0) is 11.2 Å². The number of pyridine rings is 1. The summed E-state index contributed by atoms with van der Waals surface area (Å²) >= 11 is 0. The number of carbonyl (C=O) groups excluding carboxylic acids is 1. The molecular formula is C22H28N4O. The van der Waals surface area contributed by atoms with Gasteiger partial charge in [-0.25, -0.2) is 9.97 Å². The Morgan fingerprint density at radius 3 is 2.74 bits per heavy atom. The fourth-order valence-corrected chi connectivity index (χ4v) is 4.46. The van der Waals surface area contributed by atoms with E-state index in [4.69, 9.17) is 4.98 Å². The van der Waals surface area contributed by atoms with Gasteiger partial charge in [-0.05, 0) is 43.2 Å². The van der Waals surface area contributed by atoms with E-state index in [0.717, 1.165) is 42.5 Å². The van der Waals surface area contributed by atoms with Crippen molar-refractivity contribution in [2.45, 2.75) is 64.8 Å². The molecule has 0 saturated heterocycles. The van der Waals surface area contributed by atoms with E-state index in [9.17, 15) is 4.79 Å². The van der Waals surface area contributed by atoms with Crippen LogP contribution in [-0.4, -0.2) is 20.9 Å². The largest absolute Gasteiger partial charge is 0.349 e. The quantitative estimate of drug-likeness (QED) is 0.884. The summed E-state index contributed by atoms with van der Waals surface area (Å²) < 4.78 is 0. The molecular weight excluding hydrogens is 336 g/mol. The molecule has 0 aliphatic heterocycles. The number of rotatable bonds is 3. The smallest absolute Gasteiger partial charge is 0.223 e. The van der Waals surface area contributed by atoms with Crippen molar-refractivity contribution in [1.29, 1.82) is 0 Å². The second-order valence-corrected chi connectivity index (χ2v) is 8.78. The molecule has 1 atom stereocenters. The van der Waals surface area contributed by atoms with Gasteiger partial charge in [0.1, 0.15) is 0 Å². The summed E-state index contributed by atoms with van der Waals surface area (Å²) in [6, 6.07) is 3.88. The van der Waals surface area contributed by atoms with Crippen LogP contribution in [0.2, 0.25) is 0 Å². The standard InChI is InChI=1S/C22H28N4O/c1-22(2)11-18-17(14-24-20(25-18)16-9-6-10-23-13-16)19(12-22)26-21(27)15-7-4-3-5-8-15/h6,9-10,13-15,19H,3-5,7-8,11-12H2,1-2H3,(H,26,27)/t19-/m0/s1. The van der Waals surface area contributed by atoms with Crippen molar-refractivity contribution < 1.29 is 4.79 Å². The fourth-order valence-electron chi connectivity index (χ4n) is 4.46. The van der Waals surface area contributed by atoms with Gasteiger partial charge in [-0.15, -0.1) is 0 Å². The van der Waals surface area contributed by atoms with E-state index in [1.807, 2.05) is 18.3 Å². The third kappa shape index (κ3) is 4.02. The Morgan fingerprint density at radius 1 is 1.19 bits per heavy atom. The van der Waals surface area contributed by atoms with Gasteiger partial charge in [0.05, 0.1) is 11.7 Å². The summed E-state index contributed by atoms with van der Waals surface area (Å²) in [6.07, 6.45) is 12.9. The molecule has 2 heterocycles. The molecule has 0 spiro atoms. The molecule has 1 N–H and O–H groups in total. The van der Waals surface area contributed by atoms with E-state index in [0.29, 0.717) is 5.82 Å². The highest BCUT2D eigenvalue weighted by Gasteiger charge is 2.35. The van der Waals surface area contributed by atoms with Crippen molar-refractivity contribution in [3.63, 3.8) is 0 Å². The average molecular weight is 364 g/mol. The van der Waals surface area contributed by atoms with Crippen molar-refractivity contribution in [3.05, 3.63) is 42.0 Å². The zero-order chi connectivity index (χ0) is 18.9. The second kappa shape index (κ2) is 7.37. The van der Waals surface area contributed by atoms with Crippen LogP contribution in [0.15, 0.2) is 30.7 Å². The molecule has 1 fully saturated rings. The van der Waals surface area contributed by atoms with Crippen LogP contribution >= 0.6 is 0 Å². The van der Waals surface area contributed by atoms with E-state index in [2.05, 4.69) is 29.1 Å². The molecule has 5 heteroatoms. The first-order valence-corrected chi connectivity index (χ1v) is 10.1. The summed E-state index contributed by atoms with van der Waals surface area (Å²) in [5, 5.41) is 3.33. The SMILES string of the molecule is CC1(C)Cc2nc(-c3cccnc3)ncc2[C@@H](NC(=O)C2CCCCC2)C1. The number of nitrogens with zero attached hydrogens (tertiary/aromatic N) is 3. The van der Waals surface area contributed by atoms with Crippen LogP contribution in [0.1, 0.15) is 69.7 Å². The molecule has 2 aliphatic rings. The summed E-state index contributed by atoms with van der Waals surface area (Å²) in [6.45, 7) is 4.50. The van der Waals surface area contributed by atoms with E-state index < -0.39 is 0 Å². The summed E-state index contributed by atoms with van der Waals surface area (Å²) in [5.74, 6) is 1.08. The van der Waals surface area contributed by atoms with Crippen LogP contribution in [0.5, 0.6) is 0 Å². The Bertz CT molecular complexity index is 812. The molecule has 1 saturated carbocycles. The van der Waals surface area contributed by atoms with Crippen molar-refractivity contribution >= 4 is 5.91 Å². The predicted molar refractivity (Wildman–Crippen MR) is 105 cm³/mol. The van der Waals surface area contributed by atoms with E-state index in [1.54, 1.807) is 12.4 Å². The maximum atomic E-state index is 12.8. The van der Waals surface area contributed by atoms with Crippen LogP contribution in [0.3, 0.4) is 0 Å². The monoisotopic (exact) mass is 364 g/mol. The molecule has 0 aromatic carbocycles. The van der Waals surface area contributed by atoms with Crippen molar-refractivity contribution in [3.8, 4) is 11.4 Å². The molecule has 1 amide bonds. The number of nitrogens with one attached hydrogen (secondary N) is 1. The average Bonchev–Trinajstić information content (AvgIpc) is 2.68. The Labute approximate surface area is 161 Å². The van der Waals surface area contributed by atoms with E-state index in [-0.39, 0.29) is 23.3 Å². The molecule has 4 rings (SSSR count). The lowest BCUT2D eigenvalue weighted by molar-refractivity contribution is -0.127. The van der Waals surface area contributed by atoms with Crippen LogP contribution in [0, 0.1) is 11.3 Å². The molecule has 0 bridgehead atoms. The molecule has 142 valence electrons. The number of carbonyl (C=O) groups is 1. The summed E-state index contributed by atoms with van der Waals surface area (Å²) in [7, 11) is 0. The maximum absolute atomic E-state index is 12.8.